The molecule has 1 fully saturated rings. The topological polar surface area (TPSA) is 92.3 Å². The van der Waals surface area contributed by atoms with Crippen molar-refractivity contribution in [2.75, 3.05) is 4.90 Å². The fourth-order valence-corrected chi connectivity index (χ4v) is 2.89. The summed E-state index contributed by atoms with van der Waals surface area (Å²) < 4.78 is 0. The number of para-hydroxylation sites is 1. The Bertz CT molecular complexity index is 779. The molecular formula is C16H13N5OS. The minimum Gasteiger partial charge on any atom is -0.319 e. The van der Waals surface area contributed by atoms with Crippen LogP contribution in [0, 0.1) is 16.7 Å². The number of amidine groups is 1. The van der Waals surface area contributed by atoms with Crippen LogP contribution < -0.4 is 10.2 Å². The second-order valence-electron chi connectivity index (χ2n) is 4.89. The highest BCUT2D eigenvalue weighted by Gasteiger charge is 2.39. The molecule has 0 aliphatic carbocycles. The maximum Gasteiger partial charge on any atom is 0.328 e. The van der Waals surface area contributed by atoms with Gasteiger partial charge in [0.2, 0.25) is 0 Å². The first-order valence-electron chi connectivity index (χ1n) is 6.90. The van der Waals surface area contributed by atoms with Crippen LogP contribution >= 0.6 is 11.3 Å². The van der Waals surface area contributed by atoms with Gasteiger partial charge in [0.25, 0.3) is 0 Å². The van der Waals surface area contributed by atoms with Crippen molar-refractivity contribution in [1.29, 1.82) is 10.7 Å². The summed E-state index contributed by atoms with van der Waals surface area (Å²) in [4.78, 5) is 17.8. The molecule has 7 heteroatoms. The second kappa shape index (κ2) is 6.42. The number of amides is 2. The monoisotopic (exact) mass is 323 g/mol. The number of carbonyl (C=O) groups excluding carboxylic acids is 1. The van der Waals surface area contributed by atoms with Crippen molar-refractivity contribution in [1.82, 2.24) is 5.32 Å². The molecule has 2 aromatic rings. The van der Waals surface area contributed by atoms with E-state index < -0.39 is 18.1 Å². The molecule has 0 spiro atoms. The fraction of sp³-hybridized carbons (Fsp3) is 0.125. The highest BCUT2D eigenvalue weighted by Crippen LogP contribution is 2.21. The third-order valence-corrected chi connectivity index (χ3v) is 4.10. The fourth-order valence-electron chi connectivity index (χ4n) is 2.28. The van der Waals surface area contributed by atoms with E-state index in [1.165, 1.54) is 4.90 Å². The first kappa shape index (κ1) is 14.9. The van der Waals surface area contributed by atoms with Crippen LogP contribution in [0.4, 0.5) is 10.5 Å². The van der Waals surface area contributed by atoms with Crippen molar-refractivity contribution in [2.45, 2.75) is 12.1 Å². The molecule has 2 amide bonds. The molecule has 1 aromatic carbocycles. The molecule has 2 unspecified atom stereocenters. The van der Waals surface area contributed by atoms with E-state index in [0.717, 1.165) is 5.56 Å². The lowest BCUT2D eigenvalue weighted by atomic mass is 10.0. The van der Waals surface area contributed by atoms with E-state index in [2.05, 4.69) is 10.3 Å². The zero-order chi connectivity index (χ0) is 16.2. The number of urea groups is 1. The molecule has 23 heavy (non-hydrogen) atoms. The van der Waals surface area contributed by atoms with Crippen LogP contribution in [0.25, 0.3) is 0 Å². The van der Waals surface area contributed by atoms with Gasteiger partial charge in [0.05, 0.1) is 11.8 Å². The van der Waals surface area contributed by atoms with E-state index in [4.69, 9.17) is 5.41 Å². The summed E-state index contributed by atoms with van der Waals surface area (Å²) in [7, 11) is 0. The minimum atomic E-state index is -0.857. The predicted molar refractivity (Wildman–Crippen MR) is 90.3 cm³/mol. The molecule has 114 valence electrons. The van der Waals surface area contributed by atoms with Gasteiger partial charge in [-0.3, -0.25) is 10.4 Å². The molecule has 1 aliphatic rings. The van der Waals surface area contributed by atoms with E-state index in [0.29, 0.717) is 5.69 Å². The lowest BCUT2D eigenvalue weighted by molar-refractivity contribution is 0.244. The molecule has 0 radical (unpaired) electrons. The standard InChI is InChI=1S/C16H13N5OS/c17-8-13-14(19-9-11-6-7-23-10-11)15(18)21(16(22)20-13)12-4-2-1-3-5-12/h1-7,9-10,13-14,18H,(H,20,22). The Morgan fingerprint density at radius 1 is 1.35 bits per heavy atom. The van der Waals surface area contributed by atoms with Gasteiger partial charge in [-0.2, -0.15) is 16.6 Å². The van der Waals surface area contributed by atoms with Crippen LogP contribution in [0.3, 0.4) is 0 Å². The van der Waals surface area contributed by atoms with Crippen LogP contribution in [-0.4, -0.2) is 30.2 Å². The lowest BCUT2D eigenvalue weighted by Crippen LogP contribution is -2.61. The zero-order valence-corrected chi connectivity index (χ0v) is 12.8. The molecule has 3 rings (SSSR count). The summed E-state index contributed by atoms with van der Waals surface area (Å²) in [5.41, 5.74) is 1.48. The highest BCUT2D eigenvalue weighted by atomic mass is 32.1. The van der Waals surface area contributed by atoms with Gasteiger partial charge in [-0.25, -0.2) is 9.69 Å². The number of rotatable bonds is 3. The molecule has 2 N–H and O–H groups in total. The number of nitriles is 1. The normalized spacial score (nSPS) is 21.3. The van der Waals surface area contributed by atoms with Gasteiger partial charge in [0.1, 0.15) is 17.9 Å². The summed E-state index contributed by atoms with van der Waals surface area (Å²) >= 11 is 1.54. The number of aliphatic imine (C=N–C) groups is 1. The van der Waals surface area contributed by atoms with Crippen molar-refractivity contribution >= 4 is 35.1 Å². The van der Waals surface area contributed by atoms with Crippen LogP contribution in [0.1, 0.15) is 5.56 Å². The Hall–Kier alpha value is -2.98. The van der Waals surface area contributed by atoms with Gasteiger partial charge < -0.3 is 5.32 Å². The quantitative estimate of drug-likeness (QED) is 0.850. The second-order valence-corrected chi connectivity index (χ2v) is 5.67. The molecule has 2 atom stereocenters. The average Bonchev–Trinajstić information content (AvgIpc) is 3.08. The van der Waals surface area contributed by atoms with E-state index >= 15 is 0 Å². The first-order valence-corrected chi connectivity index (χ1v) is 7.84. The van der Waals surface area contributed by atoms with Gasteiger partial charge in [0, 0.05) is 11.8 Å². The summed E-state index contributed by atoms with van der Waals surface area (Å²) in [5.74, 6) is -0.0158. The number of hydrogen-bond donors (Lipinski definition) is 2. The zero-order valence-electron chi connectivity index (χ0n) is 12.0. The summed E-state index contributed by atoms with van der Waals surface area (Å²) in [6, 6.07) is 10.7. The number of thiophene rings is 1. The molecule has 1 saturated heterocycles. The maximum atomic E-state index is 12.2. The Kier molecular flexibility index (Phi) is 4.17. The molecule has 0 bridgehead atoms. The first-order chi connectivity index (χ1) is 11.2. The van der Waals surface area contributed by atoms with Gasteiger partial charge in [-0.1, -0.05) is 18.2 Å². The number of benzene rings is 1. The Balaban J connectivity index is 1.92. The van der Waals surface area contributed by atoms with Gasteiger partial charge >= 0.3 is 6.03 Å². The lowest BCUT2D eigenvalue weighted by Gasteiger charge is -2.34. The van der Waals surface area contributed by atoms with Gasteiger partial charge in [0.15, 0.2) is 0 Å². The van der Waals surface area contributed by atoms with Crippen molar-refractivity contribution < 1.29 is 4.79 Å². The van der Waals surface area contributed by atoms with Gasteiger partial charge in [-0.15, -0.1) is 0 Å². The van der Waals surface area contributed by atoms with Crippen molar-refractivity contribution in [3.8, 4) is 6.07 Å². The van der Waals surface area contributed by atoms with Crippen molar-refractivity contribution in [2.24, 2.45) is 4.99 Å². The number of nitrogens with one attached hydrogen (secondary N) is 2. The molecule has 1 aromatic heterocycles. The molecule has 6 nitrogen and oxygen atoms in total. The van der Waals surface area contributed by atoms with Crippen LogP contribution in [0.5, 0.6) is 0 Å². The summed E-state index contributed by atoms with van der Waals surface area (Å²) in [5, 5.41) is 24.0. The minimum absolute atomic E-state index is 0.0158. The SMILES string of the molecule is N#CC1NC(=O)N(c2ccccc2)C(=N)C1N=Cc1ccsc1. The van der Waals surface area contributed by atoms with Gasteiger partial charge in [-0.05, 0) is 29.0 Å². The van der Waals surface area contributed by atoms with Crippen LogP contribution in [-0.2, 0) is 0 Å². The average molecular weight is 323 g/mol. The van der Waals surface area contributed by atoms with E-state index in [1.807, 2.05) is 29.0 Å². The number of anilines is 1. The van der Waals surface area contributed by atoms with E-state index in [1.54, 1.807) is 41.8 Å². The Morgan fingerprint density at radius 3 is 2.78 bits per heavy atom. The van der Waals surface area contributed by atoms with Crippen molar-refractivity contribution in [3.05, 3.63) is 52.7 Å². The molecule has 0 saturated carbocycles. The Labute approximate surface area is 137 Å². The summed E-state index contributed by atoms with van der Waals surface area (Å²) in [6.45, 7) is 0. The predicted octanol–water partition coefficient (Wildman–Crippen LogP) is 2.63. The molecule has 1 aliphatic heterocycles. The summed E-state index contributed by atoms with van der Waals surface area (Å²) in [6.07, 6.45) is 1.63. The highest BCUT2D eigenvalue weighted by molar-refractivity contribution is 7.08. The Morgan fingerprint density at radius 2 is 2.13 bits per heavy atom. The number of carbonyl (C=O) groups is 1. The maximum absolute atomic E-state index is 12.2. The van der Waals surface area contributed by atoms with Crippen molar-refractivity contribution in [3.63, 3.8) is 0 Å². The van der Waals surface area contributed by atoms with E-state index in [9.17, 15) is 10.1 Å². The molecular weight excluding hydrogens is 310 g/mol. The van der Waals surface area contributed by atoms with Crippen LogP contribution in [0.2, 0.25) is 0 Å². The molecule has 2 heterocycles. The largest absolute Gasteiger partial charge is 0.328 e. The number of nitrogens with zero attached hydrogens (tertiary/aromatic N) is 3. The number of hydrogen-bond acceptors (Lipinski definition) is 5. The smallest absolute Gasteiger partial charge is 0.319 e. The third kappa shape index (κ3) is 2.98. The third-order valence-electron chi connectivity index (χ3n) is 3.40. The van der Waals surface area contributed by atoms with E-state index in [-0.39, 0.29) is 5.84 Å². The van der Waals surface area contributed by atoms with Crippen LogP contribution in [0.15, 0.2) is 52.2 Å².